The molecule has 1 aliphatic rings. The molecule has 1 aromatic carbocycles. The molecule has 0 radical (unpaired) electrons. The zero-order chi connectivity index (χ0) is 14.6. The summed E-state index contributed by atoms with van der Waals surface area (Å²) in [7, 11) is -2.77. The first kappa shape index (κ1) is 15.5. The minimum Gasteiger partial charge on any atom is -0.310 e. The monoisotopic (exact) mass is 295 g/mol. The molecule has 2 unspecified atom stereocenters. The first-order valence-corrected chi connectivity index (χ1v) is 9.27. The zero-order valence-electron chi connectivity index (χ0n) is 12.4. The summed E-state index contributed by atoms with van der Waals surface area (Å²) in [5.41, 5.74) is 1.29. The molecule has 0 aliphatic carbocycles. The summed E-state index contributed by atoms with van der Waals surface area (Å²) < 4.78 is 23.0. The fourth-order valence-corrected chi connectivity index (χ4v) is 4.70. The topological polar surface area (TPSA) is 46.2 Å². The van der Waals surface area contributed by atoms with Gasteiger partial charge in [0.2, 0.25) is 0 Å². The molecular weight excluding hydrogens is 270 g/mol. The predicted octanol–water partition coefficient (Wildman–Crippen LogP) is 2.80. The number of hydrogen-bond acceptors (Lipinski definition) is 3. The molecule has 0 bridgehead atoms. The Morgan fingerprint density at radius 2 is 1.95 bits per heavy atom. The Balaban J connectivity index is 1.95. The van der Waals surface area contributed by atoms with E-state index in [-0.39, 0.29) is 5.92 Å². The van der Waals surface area contributed by atoms with E-state index in [0.29, 0.717) is 23.5 Å². The highest BCUT2D eigenvalue weighted by atomic mass is 32.2. The van der Waals surface area contributed by atoms with Gasteiger partial charge in [0.1, 0.15) is 0 Å². The molecular formula is C16H25NO2S. The molecule has 1 saturated heterocycles. The van der Waals surface area contributed by atoms with Gasteiger partial charge in [-0.05, 0) is 36.8 Å². The Labute approximate surface area is 122 Å². The summed E-state index contributed by atoms with van der Waals surface area (Å²) >= 11 is 0. The van der Waals surface area contributed by atoms with Crippen LogP contribution in [-0.4, -0.2) is 26.5 Å². The van der Waals surface area contributed by atoms with Gasteiger partial charge in [-0.1, -0.05) is 44.2 Å². The van der Waals surface area contributed by atoms with E-state index in [1.165, 1.54) is 5.56 Å². The zero-order valence-corrected chi connectivity index (χ0v) is 13.2. The SMILES string of the molecule is CC(C)CC(NCC1CCS(=O)(=O)C1)c1ccccc1. The van der Waals surface area contributed by atoms with Gasteiger partial charge in [0.15, 0.2) is 9.84 Å². The molecule has 0 saturated carbocycles. The number of hydrogen-bond donors (Lipinski definition) is 1. The van der Waals surface area contributed by atoms with Crippen LogP contribution in [0.3, 0.4) is 0 Å². The van der Waals surface area contributed by atoms with Gasteiger partial charge in [-0.3, -0.25) is 0 Å². The molecule has 1 heterocycles. The van der Waals surface area contributed by atoms with Gasteiger partial charge in [0, 0.05) is 6.04 Å². The maximum atomic E-state index is 11.5. The molecule has 0 aromatic heterocycles. The molecule has 1 fully saturated rings. The van der Waals surface area contributed by atoms with E-state index in [0.717, 1.165) is 19.4 Å². The van der Waals surface area contributed by atoms with Crippen molar-refractivity contribution in [1.82, 2.24) is 5.32 Å². The molecule has 0 spiro atoms. The minimum atomic E-state index is -2.77. The number of nitrogens with one attached hydrogen (secondary N) is 1. The second-order valence-corrected chi connectivity index (χ2v) is 8.50. The fraction of sp³-hybridized carbons (Fsp3) is 0.625. The van der Waals surface area contributed by atoms with E-state index < -0.39 is 9.84 Å². The van der Waals surface area contributed by atoms with Crippen molar-refractivity contribution in [1.29, 1.82) is 0 Å². The standard InChI is InChI=1S/C16H25NO2S/c1-13(2)10-16(15-6-4-3-5-7-15)17-11-14-8-9-20(18,19)12-14/h3-7,13-14,16-17H,8-12H2,1-2H3. The largest absolute Gasteiger partial charge is 0.310 e. The molecule has 2 atom stereocenters. The van der Waals surface area contributed by atoms with Crippen LogP contribution in [-0.2, 0) is 9.84 Å². The second kappa shape index (κ2) is 6.72. The normalized spacial score (nSPS) is 23.1. The Morgan fingerprint density at radius 1 is 1.25 bits per heavy atom. The van der Waals surface area contributed by atoms with E-state index >= 15 is 0 Å². The maximum absolute atomic E-state index is 11.5. The Bertz CT molecular complexity index is 511. The lowest BCUT2D eigenvalue weighted by atomic mass is 9.96. The molecule has 1 aliphatic heterocycles. The first-order valence-electron chi connectivity index (χ1n) is 7.45. The van der Waals surface area contributed by atoms with Crippen LogP contribution in [0.5, 0.6) is 0 Å². The first-order chi connectivity index (χ1) is 9.46. The van der Waals surface area contributed by atoms with Crippen molar-refractivity contribution in [2.45, 2.75) is 32.7 Å². The number of benzene rings is 1. The average molecular weight is 295 g/mol. The van der Waals surface area contributed by atoms with E-state index in [4.69, 9.17) is 0 Å². The summed E-state index contributed by atoms with van der Waals surface area (Å²) in [4.78, 5) is 0. The molecule has 4 heteroatoms. The maximum Gasteiger partial charge on any atom is 0.150 e. The summed E-state index contributed by atoms with van der Waals surface area (Å²) in [6.07, 6.45) is 1.88. The van der Waals surface area contributed by atoms with Gasteiger partial charge in [-0.25, -0.2) is 8.42 Å². The van der Waals surface area contributed by atoms with E-state index in [1.54, 1.807) is 0 Å². The van der Waals surface area contributed by atoms with Crippen molar-refractivity contribution >= 4 is 9.84 Å². The molecule has 0 amide bonds. The Kier molecular flexibility index (Phi) is 5.22. The molecule has 1 N–H and O–H groups in total. The van der Waals surface area contributed by atoms with Crippen LogP contribution in [0.4, 0.5) is 0 Å². The van der Waals surface area contributed by atoms with E-state index in [1.807, 2.05) is 6.07 Å². The van der Waals surface area contributed by atoms with Gasteiger partial charge in [0.25, 0.3) is 0 Å². The van der Waals surface area contributed by atoms with Gasteiger partial charge in [0.05, 0.1) is 11.5 Å². The van der Waals surface area contributed by atoms with Gasteiger partial charge >= 0.3 is 0 Å². The minimum absolute atomic E-state index is 0.276. The highest BCUT2D eigenvalue weighted by Crippen LogP contribution is 2.23. The van der Waals surface area contributed by atoms with Crippen molar-refractivity contribution < 1.29 is 8.42 Å². The highest BCUT2D eigenvalue weighted by Gasteiger charge is 2.28. The van der Waals surface area contributed by atoms with Crippen molar-refractivity contribution in [3.63, 3.8) is 0 Å². The predicted molar refractivity (Wildman–Crippen MR) is 83.4 cm³/mol. The molecule has 20 heavy (non-hydrogen) atoms. The van der Waals surface area contributed by atoms with E-state index in [9.17, 15) is 8.42 Å². The summed E-state index contributed by atoms with van der Waals surface area (Å²) in [6.45, 7) is 5.24. The third kappa shape index (κ3) is 4.60. The lowest BCUT2D eigenvalue weighted by Crippen LogP contribution is -2.29. The van der Waals surface area contributed by atoms with Crippen LogP contribution in [0.1, 0.15) is 38.3 Å². The Hall–Kier alpha value is -0.870. The lowest BCUT2D eigenvalue weighted by Gasteiger charge is -2.23. The molecule has 3 nitrogen and oxygen atoms in total. The number of rotatable bonds is 6. The summed E-state index contributed by atoms with van der Waals surface area (Å²) in [5, 5.41) is 3.58. The van der Waals surface area contributed by atoms with Crippen molar-refractivity contribution in [2.75, 3.05) is 18.1 Å². The van der Waals surface area contributed by atoms with Crippen LogP contribution in [0.25, 0.3) is 0 Å². The van der Waals surface area contributed by atoms with Gasteiger partial charge < -0.3 is 5.32 Å². The average Bonchev–Trinajstić information content (AvgIpc) is 2.75. The lowest BCUT2D eigenvalue weighted by molar-refractivity contribution is 0.398. The second-order valence-electron chi connectivity index (χ2n) is 6.27. The van der Waals surface area contributed by atoms with Crippen LogP contribution in [0.15, 0.2) is 30.3 Å². The molecule has 2 rings (SSSR count). The van der Waals surface area contributed by atoms with Crippen LogP contribution in [0, 0.1) is 11.8 Å². The third-order valence-corrected chi connectivity index (χ3v) is 5.73. The van der Waals surface area contributed by atoms with Crippen molar-refractivity contribution in [3.05, 3.63) is 35.9 Å². The summed E-state index contributed by atoms with van der Waals surface area (Å²) in [5.74, 6) is 1.60. The van der Waals surface area contributed by atoms with Crippen molar-refractivity contribution in [3.8, 4) is 0 Å². The van der Waals surface area contributed by atoms with Crippen LogP contribution >= 0.6 is 0 Å². The number of sulfone groups is 1. The molecule has 1 aromatic rings. The fourth-order valence-electron chi connectivity index (χ4n) is 2.84. The highest BCUT2D eigenvalue weighted by molar-refractivity contribution is 7.91. The van der Waals surface area contributed by atoms with Crippen LogP contribution in [0.2, 0.25) is 0 Å². The van der Waals surface area contributed by atoms with Gasteiger partial charge in [-0.2, -0.15) is 0 Å². The summed E-state index contributed by atoms with van der Waals surface area (Å²) in [6, 6.07) is 10.8. The molecule has 112 valence electrons. The van der Waals surface area contributed by atoms with E-state index in [2.05, 4.69) is 43.4 Å². The van der Waals surface area contributed by atoms with Crippen molar-refractivity contribution in [2.24, 2.45) is 11.8 Å². The van der Waals surface area contributed by atoms with Gasteiger partial charge in [-0.15, -0.1) is 0 Å². The quantitative estimate of drug-likeness (QED) is 0.878. The third-order valence-electron chi connectivity index (χ3n) is 3.89. The Morgan fingerprint density at radius 3 is 2.50 bits per heavy atom. The van der Waals surface area contributed by atoms with Crippen LogP contribution < -0.4 is 5.32 Å². The smallest absolute Gasteiger partial charge is 0.150 e.